The molecule has 0 saturated heterocycles. The van der Waals surface area contributed by atoms with Crippen molar-refractivity contribution in [2.24, 2.45) is 0 Å². The van der Waals surface area contributed by atoms with Gasteiger partial charge in [0.05, 0.1) is 6.61 Å². The van der Waals surface area contributed by atoms with Gasteiger partial charge >= 0.3 is 5.97 Å². The molecule has 1 fully saturated rings. The van der Waals surface area contributed by atoms with Gasteiger partial charge in [-0.1, -0.05) is 12.8 Å². The van der Waals surface area contributed by atoms with E-state index in [1.54, 1.807) is 0 Å². The first kappa shape index (κ1) is 17.1. The van der Waals surface area contributed by atoms with E-state index < -0.39 is 5.97 Å². The largest absolute Gasteiger partial charge is 0.507 e. The molecule has 0 amide bonds. The molecule has 2 aromatic heterocycles. The summed E-state index contributed by atoms with van der Waals surface area (Å²) < 4.78 is 10.6. The molecule has 0 atom stereocenters. The molecule has 2 N–H and O–H groups in total. The van der Waals surface area contributed by atoms with Crippen molar-refractivity contribution in [3.05, 3.63) is 47.5 Å². The Morgan fingerprint density at radius 2 is 1.96 bits per heavy atom. The highest BCUT2D eigenvalue weighted by atomic mass is 16.5. The second-order valence-electron chi connectivity index (χ2n) is 6.20. The number of aromatic hydroxyl groups is 1. The number of hydrogen-bond donors (Lipinski definition) is 2. The fourth-order valence-electron chi connectivity index (χ4n) is 3.31. The Morgan fingerprint density at radius 3 is 2.48 bits per heavy atom. The molecule has 0 radical (unpaired) electrons. The summed E-state index contributed by atoms with van der Waals surface area (Å²) >= 11 is 0. The second-order valence-corrected chi connectivity index (χ2v) is 6.20. The minimum absolute atomic E-state index is 0.122. The summed E-state index contributed by atoms with van der Waals surface area (Å²) in [4.78, 5) is 10.5. The summed E-state index contributed by atoms with van der Waals surface area (Å²) in [6.45, 7) is 2.29. The predicted octanol–water partition coefficient (Wildman–Crippen LogP) is 5.02. The smallest absolute Gasteiger partial charge is 0.339 e. The Morgan fingerprint density at radius 1 is 1.20 bits per heavy atom. The summed E-state index contributed by atoms with van der Waals surface area (Å²) in [5.74, 6) is -0.175. The van der Waals surface area contributed by atoms with Crippen molar-refractivity contribution in [1.29, 1.82) is 0 Å². The molecule has 1 saturated carbocycles. The predicted molar refractivity (Wildman–Crippen MR) is 94.8 cm³/mol. The average Bonchev–Trinajstić information content (AvgIpc) is 3.33. The van der Waals surface area contributed by atoms with Crippen LogP contribution in [0.3, 0.4) is 0 Å². The SMILES string of the molecule is CCOc1ccc(C(=O)O)c(O)c1.c1cc2oc1cc2C1CCCC1. The molecule has 5 nitrogen and oxygen atoms in total. The van der Waals surface area contributed by atoms with E-state index in [2.05, 4.69) is 12.1 Å². The number of carboxylic acids is 1. The van der Waals surface area contributed by atoms with E-state index in [0.29, 0.717) is 12.4 Å². The van der Waals surface area contributed by atoms with E-state index in [9.17, 15) is 9.90 Å². The number of hydrogen-bond acceptors (Lipinski definition) is 4. The van der Waals surface area contributed by atoms with Crippen molar-refractivity contribution in [2.45, 2.75) is 38.5 Å². The van der Waals surface area contributed by atoms with Crippen LogP contribution >= 0.6 is 0 Å². The van der Waals surface area contributed by atoms with Crippen molar-refractivity contribution >= 4 is 17.1 Å². The van der Waals surface area contributed by atoms with E-state index in [1.807, 2.05) is 13.0 Å². The normalized spacial score (nSPS) is 14.4. The van der Waals surface area contributed by atoms with Crippen LogP contribution in [-0.2, 0) is 0 Å². The van der Waals surface area contributed by atoms with Crippen LogP contribution in [0.2, 0.25) is 0 Å². The lowest BCUT2D eigenvalue weighted by Crippen LogP contribution is -1.97. The van der Waals surface area contributed by atoms with Crippen molar-refractivity contribution in [1.82, 2.24) is 0 Å². The number of ether oxygens (including phenoxy) is 1. The molecule has 1 aliphatic rings. The summed E-state index contributed by atoms with van der Waals surface area (Å²) in [5.41, 5.74) is 3.51. The minimum Gasteiger partial charge on any atom is -0.507 e. The number of fused-ring (bicyclic) bond motifs is 2. The lowest BCUT2D eigenvalue weighted by atomic mass is 9.98. The quantitative estimate of drug-likeness (QED) is 0.696. The van der Waals surface area contributed by atoms with Gasteiger partial charge in [0.2, 0.25) is 0 Å². The molecule has 132 valence electrons. The van der Waals surface area contributed by atoms with Crippen LogP contribution < -0.4 is 4.74 Å². The third-order valence-electron chi connectivity index (χ3n) is 4.51. The van der Waals surface area contributed by atoms with Crippen molar-refractivity contribution in [2.75, 3.05) is 6.61 Å². The fraction of sp³-hybridized carbons (Fsp3) is 0.350. The van der Waals surface area contributed by atoms with Gasteiger partial charge < -0.3 is 19.4 Å². The highest BCUT2D eigenvalue weighted by Crippen LogP contribution is 2.38. The maximum atomic E-state index is 10.5. The molecule has 3 aromatic rings. The fourth-order valence-corrected chi connectivity index (χ4v) is 3.31. The first-order valence-electron chi connectivity index (χ1n) is 8.59. The first-order chi connectivity index (χ1) is 12.1. The van der Waals surface area contributed by atoms with Gasteiger partial charge in [0.15, 0.2) is 0 Å². The lowest BCUT2D eigenvalue weighted by molar-refractivity contribution is 0.0693. The standard InChI is InChI=1S/C11H12O.C9H10O4/c1-2-4-8(3-1)10-7-9-5-6-11(10)12-9;1-2-13-6-3-4-7(9(11)12)8(10)5-6/h5-8H,1-4H2;3-5,10H,2H2,1H3,(H,11,12). The highest BCUT2D eigenvalue weighted by molar-refractivity contribution is 5.90. The zero-order chi connectivity index (χ0) is 17.8. The van der Waals surface area contributed by atoms with E-state index >= 15 is 0 Å². The summed E-state index contributed by atoms with van der Waals surface area (Å²) in [6, 6.07) is 10.5. The Balaban J connectivity index is 0.000000146. The van der Waals surface area contributed by atoms with Crippen molar-refractivity contribution in [3.63, 3.8) is 0 Å². The molecule has 4 rings (SSSR count). The molecule has 5 heteroatoms. The number of aromatic carboxylic acids is 1. The van der Waals surface area contributed by atoms with E-state index in [4.69, 9.17) is 14.3 Å². The van der Waals surface area contributed by atoms with Gasteiger partial charge in [-0.25, -0.2) is 4.79 Å². The van der Waals surface area contributed by atoms with Gasteiger partial charge in [-0.15, -0.1) is 0 Å². The zero-order valence-electron chi connectivity index (χ0n) is 14.2. The lowest BCUT2D eigenvalue weighted by Gasteiger charge is -2.04. The summed E-state index contributed by atoms with van der Waals surface area (Å²) in [5, 5.41) is 17.8. The monoisotopic (exact) mass is 342 g/mol. The molecule has 1 aliphatic carbocycles. The number of rotatable bonds is 4. The molecule has 25 heavy (non-hydrogen) atoms. The Labute approximate surface area is 146 Å². The van der Waals surface area contributed by atoms with Gasteiger partial charge in [0, 0.05) is 11.6 Å². The number of carbonyl (C=O) groups is 1. The number of benzene rings is 2. The Kier molecular flexibility index (Phi) is 5.12. The number of phenols is 1. The molecule has 0 unspecified atom stereocenters. The van der Waals surface area contributed by atoms with Crippen LogP contribution in [0.15, 0.2) is 40.8 Å². The second kappa shape index (κ2) is 7.47. The van der Waals surface area contributed by atoms with Crippen LogP contribution in [0.25, 0.3) is 11.2 Å². The van der Waals surface area contributed by atoms with Gasteiger partial charge in [-0.2, -0.15) is 0 Å². The average molecular weight is 342 g/mol. The van der Waals surface area contributed by atoms with Crippen LogP contribution in [0.4, 0.5) is 0 Å². The number of carboxylic acid groups (broad SMARTS) is 1. The van der Waals surface area contributed by atoms with Gasteiger partial charge in [0.1, 0.15) is 28.2 Å². The van der Waals surface area contributed by atoms with Crippen LogP contribution in [0.5, 0.6) is 11.5 Å². The molecular weight excluding hydrogens is 320 g/mol. The van der Waals surface area contributed by atoms with Crippen LogP contribution in [-0.4, -0.2) is 22.8 Å². The summed E-state index contributed by atoms with van der Waals surface area (Å²) in [6.07, 6.45) is 5.52. The molecule has 2 bridgehead atoms. The van der Waals surface area contributed by atoms with E-state index in [-0.39, 0.29) is 11.3 Å². The topological polar surface area (TPSA) is 79.9 Å². The van der Waals surface area contributed by atoms with E-state index in [0.717, 1.165) is 17.1 Å². The number of furan rings is 2. The Hall–Kier alpha value is -2.69. The Bertz CT molecular complexity index is 829. The minimum atomic E-state index is -1.15. The van der Waals surface area contributed by atoms with Crippen molar-refractivity contribution in [3.8, 4) is 11.5 Å². The third-order valence-corrected chi connectivity index (χ3v) is 4.51. The highest BCUT2D eigenvalue weighted by Gasteiger charge is 2.21. The van der Waals surface area contributed by atoms with Gasteiger partial charge in [-0.3, -0.25) is 0 Å². The first-order valence-corrected chi connectivity index (χ1v) is 8.59. The molecule has 0 aliphatic heterocycles. The molecule has 1 aromatic carbocycles. The van der Waals surface area contributed by atoms with Gasteiger partial charge in [0.25, 0.3) is 0 Å². The van der Waals surface area contributed by atoms with Crippen LogP contribution in [0.1, 0.15) is 54.4 Å². The maximum Gasteiger partial charge on any atom is 0.339 e. The van der Waals surface area contributed by atoms with Crippen LogP contribution in [0, 0.1) is 0 Å². The maximum absolute atomic E-state index is 10.5. The molecule has 2 heterocycles. The van der Waals surface area contributed by atoms with Crippen molar-refractivity contribution < 1.29 is 24.2 Å². The molecular formula is C20H22O5. The van der Waals surface area contributed by atoms with E-state index in [1.165, 1.54) is 49.4 Å². The van der Waals surface area contributed by atoms with Gasteiger partial charge in [-0.05, 0) is 56.0 Å². The third kappa shape index (κ3) is 3.87. The summed E-state index contributed by atoms with van der Waals surface area (Å²) in [7, 11) is 0. The zero-order valence-corrected chi connectivity index (χ0v) is 14.2. The molecule has 0 spiro atoms.